The molecule has 3 atom stereocenters. The van der Waals surface area contributed by atoms with Crippen LogP contribution >= 0.6 is 0 Å². The third-order valence-electron chi connectivity index (χ3n) is 4.24. The predicted octanol–water partition coefficient (Wildman–Crippen LogP) is 2.66. The minimum atomic E-state index is -0.290. The minimum absolute atomic E-state index is 0.0107. The van der Waals surface area contributed by atoms with Crippen molar-refractivity contribution in [2.75, 3.05) is 11.9 Å². The molecule has 1 aliphatic heterocycles. The van der Waals surface area contributed by atoms with E-state index < -0.39 is 0 Å². The number of nitrogens with one attached hydrogen (secondary N) is 1. The van der Waals surface area contributed by atoms with Gasteiger partial charge in [0.05, 0.1) is 18.3 Å². The molecule has 2 heterocycles. The van der Waals surface area contributed by atoms with Gasteiger partial charge in [-0.15, -0.1) is 0 Å². The molecule has 1 aromatic heterocycles. The maximum absolute atomic E-state index is 12.2. The van der Waals surface area contributed by atoms with E-state index in [1.807, 2.05) is 11.6 Å². The summed E-state index contributed by atoms with van der Waals surface area (Å²) in [5, 5.41) is 8.09. The van der Waals surface area contributed by atoms with Gasteiger partial charge in [0.15, 0.2) is 0 Å². The van der Waals surface area contributed by atoms with Crippen molar-refractivity contribution in [3.05, 3.63) is 23.9 Å². The van der Waals surface area contributed by atoms with Crippen molar-refractivity contribution in [2.24, 2.45) is 5.92 Å². The van der Waals surface area contributed by atoms with Gasteiger partial charge in [0, 0.05) is 17.4 Å². The van der Waals surface area contributed by atoms with Gasteiger partial charge in [0.25, 0.3) is 0 Å². The van der Waals surface area contributed by atoms with Crippen molar-refractivity contribution in [1.29, 1.82) is 0 Å². The lowest BCUT2D eigenvalue weighted by Crippen LogP contribution is -2.45. The van der Waals surface area contributed by atoms with Crippen LogP contribution in [0.5, 0.6) is 0 Å². The zero-order valence-corrected chi connectivity index (χ0v) is 13.1. The number of hydrogen-bond donors (Lipinski definition) is 1. The summed E-state index contributed by atoms with van der Waals surface area (Å²) in [6.45, 7) is 8.69. The molecule has 0 bridgehead atoms. The van der Waals surface area contributed by atoms with Gasteiger partial charge in [-0.25, -0.2) is 9.48 Å². The Kier molecular flexibility index (Phi) is 3.30. The van der Waals surface area contributed by atoms with E-state index in [4.69, 9.17) is 9.84 Å². The summed E-state index contributed by atoms with van der Waals surface area (Å²) in [7, 11) is 0. The molecule has 3 rings (SSSR count). The Labute approximate surface area is 125 Å². The Morgan fingerprint density at radius 1 is 1.52 bits per heavy atom. The van der Waals surface area contributed by atoms with E-state index in [1.165, 1.54) is 0 Å². The number of nitrogens with zero attached hydrogens (tertiary/aromatic N) is 2. The van der Waals surface area contributed by atoms with Gasteiger partial charge in [-0.05, 0) is 13.3 Å². The quantitative estimate of drug-likeness (QED) is 0.672. The normalized spacial score (nSPS) is 27.0. The van der Waals surface area contributed by atoms with Crippen LogP contribution in [0.3, 0.4) is 0 Å². The second-order valence-corrected chi connectivity index (χ2v) is 6.80. The Hall–Kier alpha value is -1.78. The van der Waals surface area contributed by atoms with Crippen molar-refractivity contribution in [2.45, 2.75) is 51.6 Å². The largest absolute Gasteiger partial charge is 0.464 e. The number of rotatable bonds is 2. The smallest absolute Gasteiger partial charge is 0.328 e. The van der Waals surface area contributed by atoms with Crippen molar-refractivity contribution >= 4 is 11.8 Å². The SMILES string of the molecule is CCOC(=O)C1Nc2cc(C(C)(C)C)nn2C2C=CCC12. The summed E-state index contributed by atoms with van der Waals surface area (Å²) in [4.78, 5) is 12.2. The van der Waals surface area contributed by atoms with E-state index in [9.17, 15) is 4.79 Å². The first kappa shape index (κ1) is 14.2. The minimum Gasteiger partial charge on any atom is -0.464 e. The van der Waals surface area contributed by atoms with Gasteiger partial charge >= 0.3 is 5.97 Å². The van der Waals surface area contributed by atoms with E-state index in [1.54, 1.807) is 0 Å². The zero-order valence-electron chi connectivity index (χ0n) is 13.1. The average molecular weight is 289 g/mol. The van der Waals surface area contributed by atoms with Crippen LogP contribution in [0, 0.1) is 5.92 Å². The molecule has 1 aromatic rings. The summed E-state index contributed by atoms with van der Waals surface area (Å²) in [6, 6.07) is 1.91. The van der Waals surface area contributed by atoms with Crippen LogP contribution in [-0.2, 0) is 14.9 Å². The maximum Gasteiger partial charge on any atom is 0.328 e. The number of esters is 1. The van der Waals surface area contributed by atoms with Crippen LogP contribution in [0.25, 0.3) is 0 Å². The summed E-state index contributed by atoms with van der Waals surface area (Å²) < 4.78 is 7.24. The first-order chi connectivity index (χ1) is 9.91. The number of ether oxygens (including phenoxy) is 1. The fraction of sp³-hybridized carbons (Fsp3) is 0.625. The van der Waals surface area contributed by atoms with Crippen molar-refractivity contribution in [3.8, 4) is 0 Å². The second kappa shape index (κ2) is 4.90. The molecule has 5 heteroatoms. The first-order valence-electron chi connectivity index (χ1n) is 7.61. The fourth-order valence-corrected chi connectivity index (χ4v) is 3.08. The van der Waals surface area contributed by atoms with Crippen LogP contribution < -0.4 is 5.32 Å². The zero-order chi connectivity index (χ0) is 15.2. The average Bonchev–Trinajstić information content (AvgIpc) is 3.02. The number of allylic oxidation sites excluding steroid dienone is 2. The number of aromatic nitrogens is 2. The molecule has 0 fully saturated rings. The van der Waals surface area contributed by atoms with E-state index in [2.05, 4.69) is 44.3 Å². The molecule has 0 saturated heterocycles. The van der Waals surface area contributed by atoms with Crippen molar-refractivity contribution in [3.63, 3.8) is 0 Å². The Morgan fingerprint density at radius 2 is 2.29 bits per heavy atom. The first-order valence-corrected chi connectivity index (χ1v) is 7.61. The highest BCUT2D eigenvalue weighted by atomic mass is 16.5. The molecule has 3 unspecified atom stereocenters. The number of anilines is 1. The van der Waals surface area contributed by atoms with Crippen LogP contribution in [0.2, 0.25) is 0 Å². The number of carbonyl (C=O) groups excluding carboxylic acids is 1. The van der Waals surface area contributed by atoms with Gasteiger partial charge in [0.1, 0.15) is 11.9 Å². The lowest BCUT2D eigenvalue weighted by molar-refractivity contribution is -0.145. The molecule has 0 saturated carbocycles. The number of hydrogen-bond acceptors (Lipinski definition) is 4. The molecule has 21 heavy (non-hydrogen) atoms. The Morgan fingerprint density at radius 3 is 2.95 bits per heavy atom. The van der Waals surface area contributed by atoms with Gasteiger partial charge in [-0.2, -0.15) is 5.10 Å². The summed E-state index contributed by atoms with van der Waals surface area (Å²) >= 11 is 0. The lowest BCUT2D eigenvalue weighted by Gasteiger charge is -2.34. The number of carbonyl (C=O) groups is 1. The lowest BCUT2D eigenvalue weighted by atomic mass is 9.91. The summed E-state index contributed by atoms with van der Waals surface area (Å²) in [5.74, 6) is 0.927. The molecule has 2 aliphatic rings. The van der Waals surface area contributed by atoms with Crippen LogP contribution in [0.15, 0.2) is 18.2 Å². The number of fused-ring (bicyclic) bond motifs is 3. The van der Waals surface area contributed by atoms with Crippen LogP contribution in [-0.4, -0.2) is 28.4 Å². The molecule has 114 valence electrons. The molecular weight excluding hydrogens is 266 g/mol. The van der Waals surface area contributed by atoms with Gasteiger partial charge < -0.3 is 10.1 Å². The van der Waals surface area contributed by atoms with Crippen LogP contribution in [0.1, 0.15) is 45.9 Å². The molecular formula is C16H23N3O2. The monoisotopic (exact) mass is 289 g/mol. The predicted molar refractivity (Wildman–Crippen MR) is 81.3 cm³/mol. The fourth-order valence-electron chi connectivity index (χ4n) is 3.08. The van der Waals surface area contributed by atoms with Crippen molar-refractivity contribution < 1.29 is 9.53 Å². The molecule has 0 spiro atoms. The third kappa shape index (κ3) is 2.34. The molecule has 0 aromatic carbocycles. The standard InChI is InChI=1S/C16H23N3O2/c1-5-21-15(20)14-10-7-6-8-11(10)19-13(17-14)9-12(18-19)16(2,3)4/h6,8-11,14,17H,5,7H2,1-4H3. The molecule has 1 N–H and O–H groups in total. The van der Waals surface area contributed by atoms with E-state index >= 15 is 0 Å². The molecule has 5 nitrogen and oxygen atoms in total. The Bertz CT molecular complexity index is 583. The Balaban J connectivity index is 1.97. The molecule has 0 amide bonds. The summed E-state index contributed by atoms with van der Waals surface area (Å²) in [5.41, 5.74) is 1.03. The van der Waals surface area contributed by atoms with E-state index in [0.29, 0.717) is 6.61 Å². The topological polar surface area (TPSA) is 56.1 Å². The maximum atomic E-state index is 12.2. The van der Waals surface area contributed by atoms with Crippen LogP contribution in [0.4, 0.5) is 5.82 Å². The molecule has 1 aliphatic carbocycles. The van der Waals surface area contributed by atoms with E-state index in [0.717, 1.165) is 17.9 Å². The van der Waals surface area contributed by atoms with Gasteiger partial charge in [0.2, 0.25) is 0 Å². The highest BCUT2D eigenvalue weighted by Crippen LogP contribution is 2.41. The van der Waals surface area contributed by atoms with Crippen molar-refractivity contribution in [1.82, 2.24) is 9.78 Å². The summed E-state index contributed by atoms with van der Waals surface area (Å²) in [6.07, 6.45) is 5.17. The highest BCUT2D eigenvalue weighted by molar-refractivity contribution is 5.80. The van der Waals surface area contributed by atoms with Gasteiger partial charge in [-0.3, -0.25) is 0 Å². The third-order valence-corrected chi connectivity index (χ3v) is 4.24. The van der Waals surface area contributed by atoms with E-state index in [-0.39, 0.29) is 29.4 Å². The highest BCUT2D eigenvalue weighted by Gasteiger charge is 2.42. The second-order valence-electron chi connectivity index (χ2n) is 6.80. The molecule has 0 radical (unpaired) electrons. The van der Waals surface area contributed by atoms with Gasteiger partial charge in [-0.1, -0.05) is 32.9 Å².